The summed E-state index contributed by atoms with van der Waals surface area (Å²) in [4.78, 5) is 0. The van der Waals surface area contributed by atoms with Crippen LogP contribution in [0.1, 0.15) is 0 Å². The van der Waals surface area contributed by atoms with E-state index in [1.165, 1.54) is 0 Å². The molecule has 2 nitrogen and oxygen atoms in total. The smallest absolute Gasteiger partial charge is 0.165 e. The number of thioether (sulfide) groups is 1. The summed E-state index contributed by atoms with van der Waals surface area (Å²) < 4.78 is 10.7. The Morgan fingerprint density at radius 1 is 0.769 bits per heavy atom. The lowest BCUT2D eigenvalue weighted by atomic mass is 10.4. The third kappa shape index (κ3) is 2.42. The first-order valence-corrected chi connectivity index (χ1v) is 5.02. The standard InChI is InChI=1S/C10H10O2S/c1-3-7-11-9(5-1)13-10-6-2-4-8-12-10/h1-10H. The third-order valence-electron chi connectivity index (χ3n) is 1.61. The van der Waals surface area contributed by atoms with Gasteiger partial charge in [0.05, 0.1) is 12.5 Å². The summed E-state index contributed by atoms with van der Waals surface area (Å²) in [5, 5.41) is 0. The van der Waals surface area contributed by atoms with E-state index in [9.17, 15) is 0 Å². The molecule has 0 aromatic rings. The molecule has 0 N–H and O–H groups in total. The summed E-state index contributed by atoms with van der Waals surface area (Å²) in [7, 11) is 0. The Kier molecular flexibility index (Phi) is 2.77. The molecule has 0 saturated carbocycles. The molecule has 0 aliphatic carbocycles. The van der Waals surface area contributed by atoms with Gasteiger partial charge >= 0.3 is 0 Å². The summed E-state index contributed by atoms with van der Waals surface area (Å²) >= 11 is 1.62. The Morgan fingerprint density at radius 2 is 1.31 bits per heavy atom. The van der Waals surface area contributed by atoms with Gasteiger partial charge in [-0.2, -0.15) is 0 Å². The predicted octanol–water partition coefficient (Wildman–Crippen LogP) is 2.57. The Morgan fingerprint density at radius 3 is 1.69 bits per heavy atom. The molecule has 2 aliphatic heterocycles. The van der Waals surface area contributed by atoms with Crippen LogP contribution in [-0.4, -0.2) is 10.9 Å². The second-order valence-electron chi connectivity index (χ2n) is 2.57. The number of hydrogen-bond acceptors (Lipinski definition) is 3. The van der Waals surface area contributed by atoms with Gasteiger partial charge in [-0.05, 0) is 24.3 Å². The first-order valence-electron chi connectivity index (χ1n) is 4.08. The molecule has 0 aromatic heterocycles. The van der Waals surface area contributed by atoms with Crippen molar-refractivity contribution >= 4 is 11.8 Å². The summed E-state index contributed by atoms with van der Waals surface area (Å²) in [6.07, 6.45) is 15.1. The number of allylic oxidation sites excluding steroid dienone is 4. The fourth-order valence-corrected chi connectivity index (χ4v) is 1.91. The fourth-order valence-electron chi connectivity index (χ4n) is 1.02. The molecule has 2 atom stereocenters. The first-order chi connectivity index (χ1) is 6.45. The highest BCUT2D eigenvalue weighted by molar-refractivity contribution is 8.00. The molecule has 2 rings (SSSR count). The SMILES string of the molecule is C1=COC(SC2C=CC=CO2)C=C1. The summed E-state index contributed by atoms with van der Waals surface area (Å²) in [5.74, 6) is 0. The van der Waals surface area contributed by atoms with Gasteiger partial charge < -0.3 is 9.47 Å². The molecular weight excluding hydrogens is 184 g/mol. The van der Waals surface area contributed by atoms with Crippen molar-refractivity contribution < 1.29 is 9.47 Å². The van der Waals surface area contributed by atoms with Crippen molar-refractivity contribution in [3.8, 4) is 0 Å². The minimum absolute atomic E-state index is 0.0612. The lowest BCUT2D eigenvalue weighted by Crippen LogP contribution is -2.12. The normalized spacial score (nSPS) is 29.8. The van der Waals surface area contributed by atoms with Gasteiger partial charge in [0, 0.05) is 0 Å². The van der Waals surface area contributed by atoms with Crippen LogP contribution in [-0.2, 0) is 9.47 Å². The zero-order chi connectivity index (χ0) is 8.93. The highest BCUT2D eigenvalue weighted by Gasteiger charge is 2.14. The molecule has 0 radical (unpaired) electrons. The minimum atomic E-state index is 0.0612. The molecule has 0 bridgehead atoms. The number of ether oxygens (including phenoxy) is 2. The Balaban J connectivity index is 1.84. The summed E-state index contributed by atoms with van der Waals surface area (Å²) in [6, 6.07) is 0. The predicted molar refractivity (Wildman–Crippen MR) is 53.9 cm³/mol. The van der Waals surface area contributed by atoms with Crippen molar-refractivity contribution in [3.63, 3.8) is 0 Å². The molecule has 13 heavy (non-hydrogen) atoms. The quantitative estimate of drug-likeness (QED) is 0.673. The van der Waals surface area contributed by atoms with Gasteiger partial charge in [-0.15, -0.1) is 0 Å². The van der Waals surface area contributed by atoms with Gasteiger partial charge in [0.15, 0.2) is 10.9 Å². The van der Waals surface area contributed by atoms with E-state index < -0.39 is 0 Å². The van der Waals surface area contributed by atoms with Gasteiger partial charge in [-0.1, -0.05) is 23.9 Å². The van der Waals surface area contributed by atoms with Crippen molar-refractivity contribution in [1.29, 1.82) is 0 Å². The Labute approximate surface area is 81.6 Å². The van der Waals surface area contributed by atoms with Crippen molar-refractivity contribution in [2.45, 2.75) is 10.9 Å². The summed E-state index contributed by atoms with van der Waals surface area (Å²) in [6.45, 7) is 0. The van der Waals surface area contributed by atoms with Gasteiger partial charge in [-0.25, -0.2) is 0 Å². The van der Waals surface area contributed by atoms with Crippen LogP contribution in [0.15, 0.2) is 49.0 Å². The van der Waals surface area contributed by atoms with Crippen LogP contribution in [0, 0.1) is 0 Å². The first kappa shape index (κ1) is 8.51. The lowest BCUT2D eigenvalue weighted by Gasteiger charge is -2.20. The number of hydrogen-bond donors (Lipinski definition) is 0. The zero-order valence-electron chi connectivity index (χ0n) is 7.00. The van der Waals surface area contributed by atoms with Gasteiger partial charge in [-0.3, -0.25) is 0 Å². The van der Waals surface area contributed by atoms with Gasteiger partial charge in [0.1, 0.15) is 0 Å². The van der Waals surface area contributed by atoms with E-state index in [1.54, 1.807) is 24.3 Å². The van der Waals surface area contributed by atoms with Crippen molar-refractivity contribution in [3.05, 3.63) is 49.0 Å². The Bertz CT molecular complexity index is 251. The van der Waals surface area contributed by atoms with E-state index >= 15 is 0 Å². The molecule has 0 aromatic carbocycles. The van der Waals surface area contributed by atoms with Crippen molar-refractivity contribution in [2.75, 3.05) is 0 Å². The molecule has 2 unspecified atom stereocenters. The van der Waals surface area contributed by atoms with Crippen LogP contribution >= 0.6 is 11.8 Å². The van der Waals surface area contributed by atoms with E-state index in [4.69, 9.17) is 9.47 Å². The molecule has 2 heterocycles. The molecule has 0 fully saturated rings. The third-order valence-corrected chi connectivity index (χ3v) is 2.68. The molecule has 0 saturated heterocycles. The van der Waals surface area contributed by atoms with E-state index in [1.807, 2.05) is 36.5 Å². The van der Waals surface area contributed by atoms with Crippen LogP contribution in [0.25, 0.3) is 0 Å². The average molecular weight is 194 g/mol. The topological polar surface area (TPSA) is 18.5 Å². The van der Waals surface area contributed by atoms with E-state index in [0.29, 0.717) is 0 Å². The Hall–Kier alpha value is -1.09. The molecule has 2 aliphatic rings. The van der Waals surface area contributed by atoms with Gasteiger partial charge in [0.2, 0.25) is 0 Å². The fraction of sp³-hybridized carbons (Fsp3) is 0.200. The highest BCUT2D eigenvalue weighted by Crippen LogP contribution is 2.25. The number of rotatable bonds is 2. The van der Waals surface area contributed by atoms with E-state index in [-0.39, 0.29) is 10.9 Å². The molecular formula is C10H10O2S. The maximum Gasteiger partial charge on any atom is 0.165 e. The van der Waals surface area contributed by atoms with Crippen LogP contribution in [0.5, 0.6) is 0 Å². The maximum atomic E-state index is 5.34. The van der Waals surface area contributed by atoms with E-state index in [0.717, 1.165) is 0 Å². The molecule has 3 heteroatoms. The maximum absolute atomic E-state index is 5.34. The van der Waals surface area contributed by atoms with Crippen molar-refractivity contribution in [1.82, 2.24) is 0 Å². The van der Waals surface area contributed by atoms with Gasteiger partial charge in [0.25, 0.3) is 0 Å². The largest absolute Gasteiger partial charge is 0.483 e. The highest BCUT2D eigenvalue weighted by atomic mass is 32.2. The van der Waals surface area contributed by atoms with Crippen LogP contribution in [0.4, 0.5) is 0 Å². The van der Waals surface area contributed by atoms with E-state index in [2.05, 4.69) is 0 Å². The zero-order valence-corrected chi connectivity index (χ0v) is 7.81. The molecule has 68 valence electrons. The average Bonchev–Trinajstić information content (AvgIpc) is 2.21. The molecule has 0 spiro atoms. The molecule has 0 amide bonds. The second kappa shape index (κ2) is 4.23. The van der Waals surface area contributed by atoms with Crippen LogP contribution < -0.4 is 0 Å². The van der Waals surface area contributed by atoms with Crippen LogP contribution in [0.3, 0.4) is 0 Å². The van der Waals surface area contributed by atoms with Crippen molar-refractivity contribution in [2.24, 2.45) is 0 Å². The monoisotopic (exact) mass is 194 g/mol. The summed E-state index contributed by atoms with van der Waals surface area (Å²) in [5.41, 5.74) is 0.122. The second-order valence-corrected chi connectivity index (χ2v) is 3.77. The minimum Gasteiger partial charge on any atom is -0.483 e. The lowest BCUT2D eigenvalue weighted by molar-refractivity contribution is 0.234. The van der Waals surface area contributed by atoms with Crippen LogP contribution in [0.2, 0.25) is 0 Å².